The highest BCUT2D eigenvalue weighted by Crippen LogP contribution is 2.40. The Bertz CT molecular complexity index is 1330. The van der Waals surface area contributed by atoms with Crippen LogP contribution in [0.5, 0.6) is 17.2 Å². The fraction of sp³-hybridized carbons (Fsp3) is 0.130. The topological polar surface area (TPSA) is 77.1 Å². The van der Waals surface area contributed by atoms with E-state index in [-0.39, 0.29) is 5.75 Å². The maximum Gasteiger partial charge on any atom is 0.227 e. The smallest absolute Gasteiger partial charge is 0.227 e. The van der Waals surface area contributed by atoms with Crippen LogP contribution in [0.1, 0.15) is 12.5 Å². The Kier molecular flexibility index (Phi) is 6.88. The molecule has 0 saturated heterocycles. The van der Waals surface area contributed by atoms with Gasteiger partial charge < -0.3 is 19.0 Å². The number of methoxy groups -OCH3 is 1. The number of benzene rings is 3. The van der Waals surface area contributed by atoms with Gasteiger partial charge in [-0.15, -0.1) is 0 Å². The summed E-state index contributed by atoms with van der Waals surface area (Å²) in [4.78, 5) is 9.11. The van der Waals surface area contributed by atoms with E-state index in [9.17, 15) is 5.11 Å². The van der Waals surface area contributed by atoms with Gasteiger partial charge >= 0.3 is 0 Å². The summed E-state index contributed by atoms with van der Waals surface area (Å²) in [5.74, 6) is 1.63. The molecule has 0 amide bonds. The maximum atomic E-state index is 10.6. The second-order valence-electron chi connectivity index (χ2n) is 6.64. The lowest BCUT2D eigenvalue weighted by atomic mass is 10.2. The lowest BCUT2D eigenvalue weighted by Crippen LogP contribution is -1.95. The molecule has 164 valence electrons. The second kappa shape index (κ2) is 9.64. The van der Waals surface area contributed by atoms with Gasteiger partial charge in [-0.3, -0.25) is 4.99 Å². The molecular formula is C23H17Br3N2O4. The van der Waals surface area contributed by atoms with Crippen LogP contribution in [0.3, 0.4) is 0 Å². The summed E-state index contributed by atoms with van der Waals surface area (Å²) in [5.41, 5.74) is 3.32. The highest BCUT2D eigenvalue weighted by atomic mass is 79.9. The fourth-order valence-corrected chi connectivity index (χ4v) is 4.42. The van der Waals surface area contributed by atoms with Gasteiger partial charge in [-0.25, -0.2) is 4.98 Å². The lowest BCUT2D eigenvalue weighted by Gasteiger charge is -2.11. The van der Waals surface area contributed by atoms with Crippen LogP contribution in [0.25, 0.3) is 22.6 Å². The average Bonchev–Trinajstić information content (AvgIpc) is 3.21. The Morgan fingerprint density at radius 1 is 1.06 bits per heavy atom. The molecule has 1 aromatic heterocycles. The summed E-state index contributed by atoms with van der Waals surface area (Å²) in [6, 6.07) is 12.8. The minimum Gasteiger partial charge on any atom is -0.504 e. The van der Waals surface area contributed by atoms with Gasteiger partial charge in [0.05, 0.1) is 29.4 Å². The first-order chi connectivity index (χ1) is 15.4. The van der Waals surface area contributed by atoms with E-state index in [1.807, 2.05) is 43.3 Å². The monoisotopic (exact) mass is 622 g/mol. The molecule has 32 heavy (non-hydrogen) atoms. The number of rotatable bonds is 6. The number of aromatic hydroxyl groups is 1. The number of hydrogen-bond acceptors (Lipinski definition) is 6. The Balaban J connectivity index is 1.67. The predicted molar refractivity (Wildman–Crippen MR) is 136 cm³/mol. The van der Waals surface area contributed by atoms with Crippen molar-refractivity contribution in [3.8, 4) is 28.7 Å². The lowest BCUT2D eigenvalue weighted by molar-refractivity contribution is 0.317. The molecule has 4 rings (SSSR count). The molecule has 0 spiro atoms. The zero-order valence-corrected chi connectivity index (χ0v) is 21.8. The van der Waals surface area contributed by atoms with Crippen LogP contribution in [0, 0.1) is 0 Å². The number of hydrogen-bond donors (Lipinski definition) is 1. The molecule has 4 aromatic rings. The summed E-state index contributed by atoms with van der Waals surface area (Å²) in [7, 11) is 1.62. The number of phenolic OH excluding ortho intramolecular Hbond substituents is 1. The summed E-state index contributed by atoms with van der Waals surface area (Å²) in [6.45, 7) is 2.29. The van der Waals surface area contributed by atoms with E-state index in [2.05, 4.69) is 57.8 Å². The third-order valence-electron chi connectivity index (χ3n) is 4.60. The van der Waals surface area contributed by atoms with E-state index in [1.54, 1.807) is 19.4 Å². The van der Waals surface area contributed by atoms with Gasteiger partial charge in [0.15, 0.2) is 17.1 Å². The third-order valence-corrected chi connectivity index (χ3v) is 7.24. The number of halogens is 3. The largest absolute Gasteiger partial charge is 0.504 e. The molecule has 0 radical (unpaired) electrons. The first-order valence-corrected chi connectivity index (χ1v) is 11.9. The van der Waals surface area contributed by atoms with Crippen LogP contribution in [-0.2, 0) is 0 Å². The molecule has 0 bridgehead atoms. The maximum absolute atomic E-state index is 10.6. The number of oxazole rings is 1. The number of aliphatic imine (C=N–C) groups is 1. The van der Waals surface area contributed by atoms with E-state index in [4.69, 9.17) is 13.9 Å². The summed E-state index contributed by atoms with van der Waals surface area (Å²) in [6.07, 6.45) is 1.58. The predicted octanol–water partition coefficient (Wildman–Crippen LogP) is 7.65. The average molecular weight is 625 g/mol. The quantitative estimate of drug-likeness (QED) is 0.223. The van der Waals surface area contributed by atoms with Gasteiger partial charge in [0.1, 0.15) is 11.3 Å². The minimum atomic E-state index is 0.0144. The van der Waals surface area contributed by atoms with Crippen molar-refractivity contribution in [2.24, 2.45) is 4.99 Å². The zero-order chi connectivity index (χ0) is 22.8. The van der Waals surface area contributed by atoms with Gasteiger partial charge in [0.25, 0.3) is 0 Å². The summed E-state index contributed by atoms with van der Waals surface area (Å²) >= 11 is 10.4. The molecule has 9 heteroatoms. The standard InChI is InChI=1S/C23H17Br3N2O4/c1-3-31-20-10-16(25)21(26)14(22(20)29)11-27-13-5-7-19-17(9-13)28-23(32-19)12-4-6-18(30-2)15(24)8-12/h4-11,29H,3H2,1-2H3. The summed E-state index contributed by atoms with van der Waals surface area (Å²) in [5, 5.41) is 10.6. The zero-order valence-electron chi connectivity index (χ0n) is 17.0. The van der Waals surface area contributed by atoms with E-state index in [1.165, 1.54) is 0 Å². The van der Waals surface area contributed by atoms with Gasteiger partial charge in [-0.1, -0.05) is 0 Å². The molecule has 0 atom stereocenters. The van der Waals surface area contributed by atoms with Crippen LogP contribution in [-0.4, -0.2) is 30.0 Å². The molecule has 1 N–H and O–H groups in total. The third kappa shape index (κ3) is 4.55. The molecule has 1 heterocycles. The van der Waals surface area contributed by atoms with E-state index in [0.717, 1.165) is 20.3 Å². The first kappa shape index (κ1) is 22.8. The van der Waals surface area contributed by atoms with E-state index < -0.39 is 0 Å². The van der Waals surface area contributed by atoms with Crippen molar-refractivity contribution in [1.29, 1.82) is 0 Å². The molecule has 0 unspecified atom stereocenters. The molecule has 0 fully saturated rings. The number of fused-ring (bicyclic) bond motifs is 1. The normalized spacial score (nSPS) is 11.4. The number of phenols is 1. The van der Waals surface area contributed by atoms with Crippen molar-refractivity contribution in [3.05, 3.63) is 61.4 Å². The first-order valence-electron chi connectivity index (χ1n) is 9.53. The second-order valence-corrected chi connectivity index (χ2v) is 9.15. The molecule has 0 aliphatic carbocycles. The van der Waals surface area contributed by atoms with Crippen LogP contribution < -0.4 is 9.47 Å². The highest BCUT2D eigenvalue weighted by Gasteiger charge is 2.15. The number of nitrogens with zero attached hydrogens (tertiary/aromatic N) is 2. The van der Waals surface area contributed by atoms with Crippen LogP contribution in [0.2, 0.25) is 0 Å². The van der Waals surface area contributed by atoms with Crippen molar-refractivity contribution < 1.29 is 19.0 Å². The van der Waals surface area contributed by atoms with Crippen LogP contribution in [0.15, 0.2) is 65.3 Å². The molecule has 0 aliphatic heterocycles. The number of ether oxygens (including phenoxy) is 2. The Morgan fingerprint density at radius 2 is 1.88 bits per heavy atom. The summed E-state index contributed by atoms with van der Waals surface area (Å²) < 4.78 is 18.9. The highest BCUT2D eigenvalue weighted by molar-refractivity contribution is 9.13. The molecule has 0 saturated carbocycles. The van der Waals surface area contributed by atoms with Gasteiger partial charge in [0.2, 0.25) is 5.89 Å². The number of aromatic nitrogens is 1. The Labute approximate surface area is 209 Å². The van der Waals surface area contributed by atoms with Gasteiger partial charge in [-0.05, 0) is 97.2 Å². The molecule has 6 nitrogen and oxygen atoms in total. The van der Waals surface area contributed by atoms with Crippen LogP contribution in [0.4, 0.5) is 5.69 Å². The van der Waals surface area contributed by atoms with E-state index in [0.29, 0.717) is 45.1 Å². The Morgan fingerprint density at radius 3 is 2.59 bits per heavy atom. The van der Waals surface area contributed by atoms with Crippen molar-refractivity contribution >= 4 is 70.8 Å². The van der Waals surface area contributed by atoms with E-state index >= 15 is 0 Å². The minimum absolute atomic E-state index is 0.0144. The fourth-order valence-electron chi connectivity index (χ4n) is 3.05. The van der Waals surface area contributed by atoms with Crippen LogP contribution >= 0.6 is 47.8 Å². The van der Waals surface area contributed by atoms with Crippen molar-refractivity contribution in [2.45, 2.75) is 6.92 Å². The molecule has 0 aliphatic rings. The van der Waals surface area contributed by atoms with Crippen molar-refractivity contribution in [1.82, 2.24) is 4.98 Å². The Hall–Kier alpha value is -2.36. The van der Waals surface area contributed by atoms with Gasteiger partial charge in [0, 0.05) is 20.7 Å². The molecule has 3 aromatic carbocycles. The SMILES string of the molecule is CCOc1cc(Br)c(Br)c(C=Nc2ccc3oc(-c4ccc(OC)c(Br)c4)nc3c2)c1O. The van der Waals surface area contributed by atoms with Crippen molar-refractivity contribution in [2.75, 3.05) is 13.7 Å². The molecular weight excluding hydrogens is 608 g/mol. The van der Waals surface area contributed by atoms with Crippen molar-refractivity contribution in [3.63, 3.8) is 0 Å². The van der Waals surface area contributed by atoms with Gasteiger partial charge in [-0.2, -0.15) is 0 Å².